The van der Waals surface area contributed by atoms with Gasteiger partial charge in [0.25, 0.3) is 0 Å². The molecule has 2 N–H and O–H groups in total. The van der Waals surface area contributed by atoms with E-state index in [1.54, 1.807) is 0 Å². The maximum atomic E-state index is 9.63. The van der Waals surface area contributed by atoms with Crippen molar-refractivity contribution >= 4 is 0 Å². The van der Waals surface area contributed by atoms with Gasteiger partial charge >= 0.3 is 0 Å². The number of hydrogen-bond acceptors (Lipinski definition) is 2. The van der Waals surface area contributed by atoms with Crippen molar-refractivity contribution in [2.75, 3.05) is 0 Å². The van der Waals surface area contributed by atoms with E-state index in [1.807, 2.05) is 0 Å². The number of aliphatic hydroxyl groups is 2. The van der Waals surface area contributed by atoms with Crippen molar-refractivity contribution in [3.8, 4) is 0 Å². The molecule has 0 saturated heterocycles. The number of hydrogen-bond donors (Lipinski definition) is 2. The van der Waals surface area contributed by atoms with Gasteiger partial charge < -0.3 is 10.2 Å². The van der Waals surface area contributed by atoms with Crippen molar-refractivity contribution in [3.63, 3.8) is 0 Å². The van der Waals surface area contributed by atoms with Gasteiger partial charge in [0, 0.05) is 0 Å². The fourth-order valence-electron chi connectivity index (χ4n) is 3.20. The molecule has 0 aromatic rings. The van der Waals surface area contributed by atoms with Gasteiger partial charge in [-0.1, -0.05) is 32.1 Å². The Morgan fingerprint density at radius 3 is 2.00 bits per heavy atom. The van der Waals surface area contributed by atoms with Crippen LogP contribution in [0.2, 0.25) is 0 Å². The van der Waals surface area contributed by atoms with Crippen LogP contribution in [-0.2, 0) is 0 Å². The zero-order valence-corrected chi connectivity index (χ0v) is 8.86. The van der Waals surface area contributed by atoms with E-state index in [0.717, 1.165) is 25.2 Å². The van der Waals surface area contributed by atoms with E-state index in [1.165, 1.54) is 32.1 Å². The van der Waals surface area contributed by atoms with E-state index >= 15 is 0 Å². The summed E-state index contributed by atoms with van der Waals surface area (Å²) in [7, 11) is 0. The molecule has 3 atom stereocenters. The molecule has 2 saturated carbocycles. The van der Waals surface area contributed by atoms with Crippen molar-refractivity contribution in [1.82, 2.24) is 0 Å². The third-order valence-electron chi connectivity index (χ3n) is 4.14. The van der Waals surface area contributed by atoms with Crippen molar-refractivity contribution < 1.29 is 10.2 Å². The predicted octanol–water partition coefficient (Wildman–Crippen LogP) is 2.09. The minimum Gasteiger partial charge on any atom is -0.390 e. The topological polar surface area (TPSA) is 40.5 Å². The molecule has 0 bridgehead atoms. The second-order valence-corrected chi connectivity index (χ2v) is 5.11. The van der Waals surface area contributed by atoms with Gasteiger partial charge in [0.15, 0.2) is 0 Å². The summed E-state index contributed by atoms with van der Waals surface area (Å²) in [5.74, 6) is 1.53. The summed E-state index contributed by atoms with van der Waals surface area (Å²) < 4.78 is 0. The van der Waals surface area contributed by atoms with Gasteiger partial charge in [-0.2, -0.15) is 0 Å². The quantitative estimate of drug-likeness (QED) is 0.677. The summed E-state index contributed by atoms with van der Waals surface area (Å²) in [6.45, 7) is 0. The van der Waals surface area contributed by atoms with Gasteiger partial charge in [-0.25, -0.2) is 0 Å². The highest BCUT2D eigenvalue weighted by Crippen LogP contribution is 2.38. The maximum Gasteiger partial charge on any atom is 0.0801 e. The fraction of sp³-hybridized carbons (Fsp3) is 1.00. The van der Waals surface area contributed by atoms with E-state index in [4.69, 9.17) is 0 Å². The monoisotopic (exact) mass is 198 g/mol. The van der Waals surface area contributed by atoms with Crippen LogP contribution in [-0.4, -0.2) is 22.4 Å². The van der Waals surface area contributed by atoms with Crippen LogP contribution < -0.4 is 0 Å². The zero-order valence-electron chi connectivity index (χ0n) is 8.86. The van der Waals surface area contributed by atoms with E-state index in [9.17, 15) is 10.2 Å². The van der Waals surface area contributed by atoms with Crippen molar-refractivity contribution in [2.24, 2.45) is 11.8 Å². The standard InChI is InChI=1S/C12H22O2/c13-11-7-6-10(8-12(11)14)9-4-2-1-3-5-9/h9-14H,1-8H2. The minimum absolute atomic E-state index is 0.448. The Hall–Kier alpha value is -0.0800. The largest absolute Gasteiger partial charge is 0.390 e. The summed E-state index contributed by atoms with van der Waals surface area (Å²) in [6, 6.07) is 0. The van der Waals surface area contributed by atoms with Crippen LogP contribution in [0.4, 0.5) is 0 Å². The smallest absolute Gasteiger partial charge is 0.0801 e. The Labute approximate surface area is 86.3 Å². The molecule has 0 heterocycles. The van der Waals surface area contributed by atoms with Gasteiger partial charge in [-0.3, -0.25) is 0 Å². The van der Waals surface area contributed by atoms with Crippen LogP contribution in [0.3, 0.4) is 0 Å². The molecule has 0 aromatic carbocycles. The summed E-state index contributed by atoms with van der Waals surface area (Å²) >= 11 is 0. The molecule has 0 aromatic heterocycles. The normalized spacial score (nSPS) is 41.1. The highest BCUT2D eigenvalue weighted by atomic mass is 16.3. The first kappa shape index (κ1) is 10.4. The van der Waals surface area contributed by atoms with Gasteiger partial charge in [-0.05, 0) is 31.1 Å². The second kappa shape index (κ2) is 4.63. The van der Waals surface area contributed by atoms with Crippen LogP contribution in [0.5, 0.6) is 0 Å². The third-order valence-corrected chi connectivity index (χ3v) is 4.14. The maximum absolute atomic E-state index is 9.63. The van der Waals surface area contributed by atoms with E-state index in [-0.39, 0.29) is 0 Å². The molecular formula is C12H22O2. The zero-order chi connectivity index (χ0) is 9.97. The Kier molecular flexibility index (Phi) is 3.45. The van der Waals surface area contributed by atoms with Crippen LogP contribution in [0.25, 0.3) is 0 Å². The van der Waals surface area contributed by atoms with E-state index < -0.39 is 12.2 Å². The van der Waals surface area contributed by atoms with Crippen LogP contribution in [0.15, 0.2) is 0 Å². The van der Waals surface area contributed by atoms with Gasteiger partial charge in [0.2, 0.25) is 0 Å². The predicted molar refractivity (Wildman–Crippen MR) is 55.9 cm³/mol. The molecule has 82 valence electrons. The Morgan fingerprint density at radius 1 is 0.643 bits per heavy atom. The molecule has 2 aliphatic carbocycles. The molecule has 0 radical (unpaired) electrons. The lowest BCUT2D eigenvalue weighted by Crippen LogP contribution is -2.36. The summed E-state index contributed by atoms with van der Waals surface area (Å²) in [4.78, 5) is 0. The molecule has 3 unspecified atom stereocenters. The fourth-order valence-corrected chi connectivity index (χ4v) is 3.20. The van der Waals surface area contributed by atoms with Crippen LogP contribution >= 0.6 is 0 Å². The Bertz CT molecular complexity index is 175. The lowest BCUT2D eigenvalue weighted by molar-refractivity contribution is -0.0375. The molecule has 2 heteroatoms. The average molecular weight is 198 g/mol. The number of rotatable bonds is 1. The molecule has 2 aliphatic rings. The molecule has 0 aliphatic heterocycles. The first-order valence-corrected chi connectivity index (χ1v) is 6.13. The average Bonchev–Trinajstić information content (AvgIpc) is 2.23. The van der Waals surface area contributed by atoms with E-state index in [2.05, 4.69) is 0 Å². The first-order valence-electron chi connectivity index (χ1n) is 6.13. The van der Waals surface area contributed by atoms with Gasteiger partial charge in [-0.15, -0.1) is 0 Å². The Balaban J connectivity index is 1.85. The lowest BCUT2D eigenvalue weighted by Gasteiger charge is -2.36. The molecule has 2 rings (SSSR count). The highest BCUT2D eigenvalue weighted by Gasteiger charge is 2.32. The third kappa shape index (κ3) is 2.29. The summed E-state index contributed by atoms with van der Waals surface area (Å²) in [5.41, 5.74) is 0. The van der Waals surface area contributed by atoms with Gasteiger partial charge in [0.1, 0.15) is 0 Å². The Morgan fingerprint density at radius 2 is 1.36 bits per heavy atom. The molecule has 2 nitrogen and oxygen atoms in total. The highest BCUT2D eigenvalue weighted by molar-refractivity contribution is 4.84. The van der Waals surface area contributed by atoms with Crippen LogP contribution in [0.1, 0.15) is 51.4 Å². The van der Waals surface area contributed by atoms with Crippen LogP contribution in [0, 0.1) is 11.8 Å². The van der Waals surface area contributed by atoms with Crippen molar-refractivity contribution in [2.45, 2.75) is 63.6 Å². The first-order chi connectivity index (χ1) is 6.77. The summed E-state index contributed by atoms with van der Waals surface area (Å²) in [6.07, 6.45) is 8.73. The summed E-state index contributed by atoms with van der Waals surface area (Å²) in [5, 5.41) is 19.1. The van der Waals surface area contributed by atoms with E-state index in [0.29, 0.717) is 5.92 Å². The van der Waals surface area contributed by atoms with Gasteiger partial charge in [0.05, 0.1) is 12.2 Å². The molecule has 14 heavy (non-hydrogen) atoms. The SMILES string of the molecule is OC1CCC(C2CCCCC2)CC1O. The second-order valence-electron chi connectivity index (χ2n) is 5.11. The molecule has 0 amide bonds. The van der Waals surface area contributed by atoms with Crippen molar-refractivity contribution in [1.29, 1.82) is 0 Å². The lowest BCUT2D eigenvalue weighted by atomic mass is 9.72. The number of aliphatic hydroxyl groups excluding tert-OH is 2. The molecule has 0 spiro atoms. The van der Waals surface area contributed by atoms with Crippen molar-refractivity contribution in [3.05, 3.63) is 0 Å². The molecule has 2 fully saturated rings. The molecular weight excluding hydrogens is 176 g/mol. The minimum atomic E-state index is -0.449.